The van der Waals surface area contributed by atoms with Gasteiger partial charge in [-0.2, -0.15) is 0 Å². The lowest BCUT2D eigenvalue weighted by Crippen LogP contribution is -2.34. The molecular weight excluding hydrogens is 356 g/mol. The van der Waals surface area contributed by atoms with Crippen molar-refractivity contribution < 1.29 is 19.1 Å². The van der Waals surface area contributed by atoms with Gasteiger partial charge in [-0.05, 0) is 50.5 Å². The third-order valence-corrected chi connectivity index (χ3v) is 3.98. The van der Waals surface area contributed by atoms with Crippen LogP contribution in [-0.4, -0.2) is 38.1 Å². The van der Waals surface area contributed by atoms with Crippen molar-refractivity contribution in [3.63, 3.8) is 0 Å². The monoisotopic (exact) mass is 380 g/mol. The van der Waals surface area contributed by atoms with Crippen molar-refractivity contribution in [1.29, 1.82) is 0 Å². The van der Waals surface area contributed by atoms with Crippen molar-refractivity contribution in [2.75, 3.05) is 20.2 Å². The number of carbonyl (C=O) groups excluding carboxylic acids is 2. The lowest BCUT2D eigenvalue weighted by Gasteiger charge is -2.15. The second kappa shape index (κ2) is 9.48. The first-order chi connectivity index (χ1) is 12.4. The normalized spacial score (nSPS) is 13.7. The maximum Gasteiger partial charge on any atom is 0.244 e. The van der Waals surface area contributed by atoms with E-state index in [4.69, 9.17) is 21.1 Å². The maximum absolute atomic E-state index is 11.9. The molecule has 1 aromatic rings. The van der Waals surface area contributed by atoms with E-state index in [-0.39, 0.29) is 23.8 Å². The van der Waals surface area contributed by atoms with Gasteiger partial charge in [-0.15, -0.1) is 0 Å². The van der Waals surface area contributed by atoms with Gasteiger partial charge in [-0.1, -0.05) is 11.6 Å². The van der Waals surface area contributed by atoms with Crippen molar-refractivity contribution in [2.24, 2.45) is 5.92 Å². The minimum Gasteiger partial charge on any atom is -0.493 e. The zero-order valence-electron chi connectivity index (χ0n) is 15.3. The number of hydrogen-bond acceptors (Lipinski definition) is 4. The Labute approximate surface area is 158 Å². The van der Waals surface area contributed by atoms with Crippen LogP contribution in [0.1, 0.15) is 32.3 Å². The van der Waals surface area contributed by atoms with E-state index in [2.05, 4.69) is 10.6 Å². The lowest BCUT2D eigenvalue weighted by atomic mass is 10.2. The molecule has 1 aromatic carbocycles. The second-order valence-electron chi connectivity index (χ2n) is 6.39. The number of rotatable bonds is 9. The van der Waals surface area contributed by atoms with Crippen LogP contribution in [0.3, 0.4) is 0 Å². The van der Waals surface area contributed by atoms with Crippen LogP contribution in [-0.2, 0) is 9.59 Å². The summed E-state index contributed by atoms with van der Waals surface area (Å²) in [4.78, 5) is 23.3. The van der Waals surface area contributed by atoms with Gasteiger partial charge in [0.25, 0.3) is 0 Å². The van der Waals surface area contributed by atoms with Gasteiger partial charge in [0.1, 0.15) is 0 Å². The molecule has 0 unspecified atom stereocenters. The molecular formula is C19H25ClN2O4. The summed E-state index contributed by atoms with van der Waals surface area (Å²) in [6, 6.07) is 3.46. The number of amides is 2. The number of benzene rings is 1. The average molecular weight is 381 g/mol. The molecule has 0 atom stereocenters. The fraction of sp³-hybridized carbons (Fsp3) is 0.474. The van der Waals surface area contributed by atoms with E-state index in [0.29, 0.717) is 29.6 Å². The number of halogens is 1. The molecule has 26 heavy (non-hydrogen) atoms. The van der Waals surface area contributed by atoms with Crippen LogP contribution in [0.25, 0.3) is 6.08 Å². The standard InChI is InChI=1S/C19H25ClN2O4/c1-12(2)26-18-15(20)10-13(11-16(18)25-3)4-7-17(23)21-8-9-22-19(24)14-5-6-14/h4,7,10-12,14H,5-6,8-9H2,1-3H3,(H,21,23)(H,22,24)/b7-4+. The Morgan fingerprint density at radius 2 is 1.96 bits per heavy atom. The highest BCUT2D eigenvalue weighted by Gasteiger charge is 2.28. The van der Waals surface area contributed by atoms with Crippen molar-refractivity contribution in [2.45, 2.75) is 32.8 Å². The predicted octanol–water partition coefficient (Wildman–Crippen LogP) is 2.79. The van der Waals surface area contributed by atoms with E-state index in [9.17, 15) is 9.59 Å². The number of methoxy groups -OCH3 is 1. The number of nitrogens with one attached hydrogen (secondary N) is 2. The first kappa shape index (κ1) is 20.1. The zero-order chi connectivity index (χ0) is 19.1. The van der Waals surface area contributed by atoms with Crippen molar-refractivity contribution in [3.05, 3.63) is 28.8 Å². The third-order valence-electron chi connectivity index (χ3n) is 3.70. The summed E-state index contributed by atoms with van der Waals surface area (Å²) in [5, 5.41) is 5.93. The predicted molar refractivity (Wildman–Crippen MR) is 102 cm³/mol. The smallest absolute Gasteiger partial charge is 0.244 e. The summed E-state index contributed by atoms with van der Waals surface area (Å²) in [5.41, 5.74) is 0.722. The molecule has 2 amide bonds. The molecule has 6 nitrogen and oxygen atoms in total. The molecule has 142 valence electrons. The van der Waals surface area contributed by atoms with Crippen LogP contribution in [0.4, 0.5) is 0 Å². The topological polar surface area (TPSA) is 76.7 Å². The van der Waals surface area contributed by atoms with Crippen LogP contribution < -0.4 is 20.1 Å². The van der Waals surface area contributed by atoms with Gasteiger partial charge in [0.05, 0.1) is 18.2 Å². The second-order valence-corrected chi connectivity index (χ2v) is 6.80. The highest BCUT2D eigenvalue weighted by Crippen LogP contribution is 2.37. The first-order valence-corrected chi connectivity index (χ1v) is 9.06. The van der Waals surface area contributed by atoms with Gasteiger partial charge in [-0.3, -0.25) is 9.59 Å². The van der Waals surface area contributed by atoms with Gasteiger partial charge in [0.15, 0.2) is 11.5 Å². The van der Waals surface area contributed by atoms with Crippen molar-refractivity contribution in [1.82, 2.24) is 10.6 Å². The highest BCUT2D eigenvalue weighted by atomic mass is 35.5. The van der Waals surface area contributed by atoms with Crippen LogP contribution in [0.5, 0.6) is 11.5 Å². The Hall–Kier alpha value is -2.21. The molecule has 1 aliphatic rings. The first-order valence-electron chi connectivity index (χ1n) is 8.68. The van der Waals surface area contributed by atoms with E-state index in [1.54, 1.807) is 18.2 Å². The Bertz CT molecular complexity index is 684. The van der Waals surface area contributed by atoms with Crippen molar-refractivity contribution in [3.8, 4) is 11.5 Å². The van der Waals surface area contributed by atoms with E-state index >= 15 is 0 Å². The molecule has 2 N–H and O–H groups in total. The summed E-state index contributed by atoms with van der Waals surface area (Å²) in [6.45, 7) is 4.62. The Balaban J connectivity index is 1.86. The number of hydrogen-bond donors (Lipinski definition) is 2. The summed E-state index contributed by atoms with van der Waals surface area (Å²) >= 11 is 6.26. The lowest BCUT2D eigenvalue weighted by molar-refractivity contribution is -0.122. The summed E-state index contributed by atoms with van der Waals surface area (Å²) in [5.74, 6) is 0.989. The molecule has 0 bridgehead atoms. The van der Waals surface area contributed by atoms with Crippen molar-refractivity contribution >= 4 is 29.5 Å². The molecule has 0 aliphatic heterocycles. The third kappa shape index (κ3) is 6.26. The van der Waals surface area contributed by atoms with Gasteiger partial charge >= 0.3 is 0 Å². The molecule has 1 aliphatic carbocycles. The number of ether oxygens (including phenoxy) is 2. The Morgan fingerprint density at radius 3 is 2.58 bits per heavy atom. The molecule has 0 radical (unpaired) electrons. The Kier molecular flexibility index (Phi) is 7.33. The van der Waals surface area contributed by atoms with E-state index in [1.165, 1.54) is 13.2 Å². The van der Waals surface area contributed by atoms with Gasteiger partial charge < -0.3 is 20.1 Å². The fourth-order valence-electron chi connectivity index (χ4n) is 2.28. The molecule has 2 rings (SSSR count). The van der Waals surface area contributed by atoms with E-state index in [0.717, 1.165) is 18.4 Å². The summed E-state index contributed by atoms with van der Waals surface area (Å²) in [7, 11) is 1.54. The van der Waals surface area contributed by atoms with Gasteiger partial charge in [0, 0.05) is 25.1 Å². The van der Waals surface area contributed by atoms with Gasteiger partial charge in [-0.25, -0.2) is 0 Å². The van der Waals surface area contributed by atoms with Crippen LogP contribution in [0.2, 0.25) is 5.02 Å². The molecule has 7 heteroatoms. The molecule has 0 heterocycles. The van der Waals surface area contributed by atoms with Crippen LogP contribution in [0.15, 0.2) is 18.2 Å². The summed E-state index contributed by atoms with van der Waals surface area (Å²) in [6.07, 6.45) is 4.96. The van der Waals surface area contributed by atoms with Crippen LogP contribution >= 0.6 is 11.6 Å². The minimum absolute atomic E-state index is 0.0334. The SMILES string of the molecule is COc1cc(/C=C/C(=O)NCCNC(=O)C2CC2)cc(Cl)c1OC(C)C. The molecule has 1 fully saturated rings. The molecule has 0 spiro atoms. The fourth-order valence-corrected chi connectivity index (χ4v) is 2.54. The highest BCUT2D eigenvalue weighted by molar-refractivity contribution is 6.32. The Morgan fingerprint density at radius 1 is 1.27 bits per heavy atom. The summed E-state index contributed by atoms with van der Waals surface area (Å²) < 4.78 is 11.0. The largest absolute Gasteiger partial charge is 0.493 e. The molecule has 1 saturated carbocycles. The van der Waals surface area contributed by atoms with Gasteiger partial charge in [0.2, 0.25) is 11.8 Å². The zero-order valence-corrected chi connectivity index (χ0v) is 16.1. The molecule has 0 aromatic heterocycles. The molecule has 0 saturated heterocycles. The van der Waals surface area contributed by atoms with E-state index in [1.807, 2.05) is 13.8 Å². The average Bonchev–Trinajstić information content (AvgIpc) is 3.43. The van der Waals surface area contributed by atoms with E-state index < -0.39 is 0 Å². The quantitative estimate of drug-likeness (QED) is 0.510. The van der Waals surface area contributed by atoms with Crippen LogP contribution in [0, 0.1) is 5.92 Å². The maximum atomic E-state index is 11.9. The number of carbonyl (C=O) groups is 2. The minimum atomic E-state index is -0.247.